The highest BCUT2D eigenvalue weighted by Crippen LogP contribution is 2.61. The third kappa shape index (κ3) is 4.97. The minimum atomic E-state index is -0.622. The molecule has 2 unspecified atom stereocenters. The van der Waals surface area contributed by atoms with Crippen molar-refractivity contribution in [2.24, 2.45) is 28.2 Å². The fourth-order valence-electron chi connectivity index (χ4n) is 5.40. The molecule has 5 rings (SSSR count). The van der Waals surface area contributed by atoms with Crippen LogP contribution < -0.4 is 5.32 Å². The van der Waals surface area contributed by atoms with Gasteiger partial charge in [0.25, 0.3) is 5.91 Å². The van der Waals surface area contributed by atoms with Crippen LogP contribution in [0, 0.1) is 42.8 Å². The van der Waals surface area contributed by atoms with Crippen LogP contribution in [0.25, 0.3) is 11.3 Å². The smallest absolute Gasteiger partial charge is 0.294 e. The van der Waals surface area contributed by atoms with Crippen molar-refractivity contribution in [2.75, 3.05) is 5.32 Å². The second-order valence-electron chi connectivity index (χ2n) is 10.5. The second kappa shape index (κ2) is 9.64. The van der Waals surface area contributed by atoms with E-state index in [-0.39, 0.29) is 28.6 Å². The molecule has 10 heteroatoms. The van der Waals surface area contributed by atoms with Gasteiger partial charge in [-0.1, -0.05) is 6.92 Å². The number of hydrogen-bond donors (Lipinski definition) is 2. The second-order valence-corrected chi connectivity index (χ2v) is 10.5. The molecule has 2 aliphatic rings. The zero-order chi connectivity index (χ0) is 26.3. The van der Waals surface area contributed by atoms with Crippen molar-refractivity contribution < 1.29 is 14.0 Å². The molecule has 2 amide bonds. The number of pyridine rings is 1. The lowest BCUT2D eigenvalue weighted by atomic mass is 9.76. The lowest BCUT2D eigenvalue weighted by molar-refractivity contribution is -0.120. The van der Waals surface area contributed by atoms with Gasteiger partial charge < -0.3 is 5.32 Å². The van der Waals surface area contributed by atoms with Crippen LogP contribution in [-0.4, -0.2) is 43.0 Å². The number of aromatic nitrogens is 5. The molecule has 3 aromatic heterocycles. The molecule has 0 saturated heterocycles. The Morgan fingerprint density at radius 2 is 2.11 bits per heavy atom. The topological polar surface area (TPSA) is 118 Å². The van der Waals surface area contributed by atoms with E-state index in [4.69, 9.17) is 0 Å². The standard InChI is InChI=1S/C27H32FN7O2/c1-5-35-21(8-11-31-35)26(37)30-14-19(23(17-6-7-17)27(4)9-10-27)25(36)32-18-12-20(28)24(29-13-18)22-15(2)33-34-16(22)3/h8,11-14,17,19,23H,5-7,9-10H2,1-4H3,(H,32,36)(H,33,34). The number of amides is 2. The van der Waals surface area contributed by atoms with Crippen molar-refractivity contribution >= 4 is 23.7 Å². The summed E-state index contributed by atoms with van der Waals surface area (Å²) < 4.78 is 16.6. The first kappa shape index (κ1) is 25.0. The van der Waals surface area contributed by atoms with Crippen LogP contribution >= 0.6 is 0 Å². The number of nitrogens with one attached hydrogen (secondary N) is 2. The number of anilines is 1. The van der Waals surface area contributed by atoms with Crippen LogP contribution in [0.5, 0.6) is 0 Å². The lowest BCUT2D eigenvalue weighted by Gasteiger charge is -2.29. The number of hydrogen-bond acceptors (Lipinski definition) is 5. The van der Waals surface area contributed by atoms with E-state index < -0.39 is 17.6 Å². The van der Waals surface area contributed by atoms with Gasteiger partial charge in [0.1, 0.15) is 11.4 Å². The lowest BCUT2D eigenvalue weighted by Crippen LogP contribution is -2.36. The Hall–Kier alpha value is -3.69. The maximum Gasteiger partial charge on any atom is 0.294 e. The SMILES string of the molecule is CCn1nccc1C(=O)N=CC(C(=O)Nc1cnc(-c2c(C)n[nH]c2C)c(F)c1)C(C1CC1)C1(C)CC1. The van der Waals surface area contributed by atoms with Crippen molar-refractivity contribution in [2.45, 2.75) is 59.9 Å². The van der Waals surface area contributed by atoms with E-state index in [1.807, 2.05) is 6.92 Å². The van der Waals surface area contributed by atoms with Crippen molar-refractivity contribution in [1.82, 2.24) is 25.0 Å². The molecule has 2 N–H and O–H groups in total. The normalized spacial score (nSPS) is 18.1. The van der Waals surface area contributed by atoms with E-state index in [0.717, 1.165) is 31.4 Å². The number of carbonyl (C=O) groups is 2. The molecule has 2 aliphatic carbocycles. The predicted molar refractivity (Wildman–Crippen MR) is 138 cm³/mol. The Morgan fingerprint density at radius 3 is 2.70 bits per heavy atom. The Morgan fingerprint density at radius 1 is 1.35 bits per heavy atom. The molecular formula is C27H32FN7O2. The van der Waals surface area contributed by atoms with Gasteiger partial charge in [-0.3, -0.25) is 24.4 Å². The van der Waals surface area contributed by atoms with Crippen LogP contribution in [0.4, 0.5) is 10.1 Å². The van der Waals surface area contributed by atoms with E-state index in [1.165, 1.54) is 18.5 Å². The summed E-state index contributed by atoms with van der Waals surface area (Å²) in [4.78, 5) is 35.0. The third-order valence-electron chi connectivity index (χ3n) is 7.72. The average molecular weight is 506 g/mol. The Bertz CT molecular complexity index is 1350. The summed E-state index contributed by atoms with van der Waals surface area (Å²) in [5.41, 5.74) is 2.83. The minimum absolute atomic E-state index is 0.0348. The number of aryl methyl sites for hydroxylation is 3. The average Bonchev–Trinajstić information content (AvgIpc) is 3.76. The summed E-state index contributed by atoms with van der Waals surface area (Å²) in [7, 11) is 0. The Kier molecular flexibility index (Phi) is 6.51. The molecule has 0 aromatic carbocycles. The maximum atomic E-state index is 15.1. The third-order valence-corrected chi connectivity index (χ3v) is 7.72. The summed E-state index contributed by atoms with van der Waals surface area (Å²) in [6.45, 7) is 8.23. The monoisotopic (exact) mass is 505 g/mol. The van der Waals surface area contributed by atoms with Crippen molar-refractivity contribution in [3.63, 3.8) is 0 Å². The Balaban J connectivity index is 1.41. The van der Waals surface area contributed by atoms with E-state index in [1.54, 1.807) is 30.8 Å². The van der Waals surface area contributed by atoms with Gasteiger partial charge in [-0.15, -0.1) is 0 Å². The fourth-order valence-corrected chi connectivity index (χ4v) is 5.40. The van der Waals surface area contributed by atoms with Crippen LogP contribution in [0.15, 0.2) is 29.5 Å². The highest BCUT2D eigenvalue weighted by Gasteiger charge is 2.55. The molecule has 0 aliphatic heterocycles. The molecular weight excluding hydrogens is 473 g/mol. The summed E-state index contributed by atoms with van der Waals surface area (Å²) in [5, 5.41) is 13.9. The van der Waals surface area contributed by atoms with Gasteiger partial charge in [0.05, 0.1) is 23.5 Å². The molecule has 0 radical (unpaired) electrons. The summed E-state index contributed by atoms with van der Waals surface area (Å²) in [5.74, 6) is -1.44. The van der Waals surface area contributed by atoms with E-state index in [9.17, 15) is 9.59 Å². The molecule has 3 aromatic rings. The number of nitrogens with zero attached hydrogens (tertiary/aromatic N) is 5. The van der Waals surface area contributed by atoms with Crippen molar-refractivity contribution in [3.05, 3.63) is 47.4 Å². The zero-order valence-corrected chi connectivity index (χ0v) is 21.6. The fraction of sp³-hybridized carbons (Fsp3) is 0.481. The quantitative estimate of drug-likeness (QED) is 0.408. The number of halogens is 1. The Labute approximate surface area is 215 Å². The van der Waals surface area contributed by atoms with Crippen LogP contribution in [0.1, 0.15) is 61.4 Å². The number of aromatic amines is 1. The van der Waals surface area contributed by atoms with Gasteiger partial charge in [-0.25, -0.2) is 9.38 Å². The molecule has 0 spiro atoms. The first-order valence-corrected chi connectivity index (χ1v) is 12.8. The molecule has 0 bridgehead atoms. The van der Waals surface area contributed by atoms with Gasteiger partial charge in [0.2, 0.25) is 5.91 Å². The van der Waals surface area contributed by atoms with Crippen LogP contribution in [-0.2, 0) is 11.3 Å². The van der Waals surface area contributed by atoms with Crippen LogP contribution in [0.2, 0.25) is 0 Å². The van der Waals surface area contributed by atoms with Crippen molar-refractivity contribution in [3.8, 4) is 11.3 Å². The first-order valence-electron chi connectivity index (χ1n) is 12.8. The minimum Gasteiger partial charge on any atom is -0.324 e. The summed E-state index contributed by atoms with van der Waals surface area (Å²) in [6, 6.07) is 2.90. The molecule has 194 valence electrons. The summed E-state index contributed by atoms with van der Waals surface area (Å²) >= 11 is 0. The van der Waals surface area contributed by atoms with Gasteiger partial charge in [0.15, 0.2) is 5.82 Å². The number of H-pyrrole nitrogens is 1. The van der Waals surface area contributed by atoms with Gasteiger partial charge >= 0.3 is 0 Å². The molecule has 2 atom stereocenters. The first-order chi connectivity index (χ1) is 17.7. The molecule has 3 heterocycles. The number of carbonyl (C=O) groups excluding carboxylic acids is 2. The highest BCUT2D eigenvalue weighted by molar-refractivity contribution is 6.06. The number of aliphatic imine (C=N–C) groups is 1. The predicted octanol–water partition coefficient (Wildman–Crippen LogP) is 4.74. The van der Waals surface area contributed by atoms with E-state index in [2.05, 4.69) is 37.5 Å². The van der Waals surface area contributed by atoms with Crippen LogP contribution in [0.3, 0.4) is 0 Å². The summed E-state index contributed by atoms with van der Waals surface area (Å²) in [6.07, 6.45) is 8.70. The molecule has 2 fully saturated rings. The van der Waals surface area contributed by atoms with Gasteiger partial charge in [0, 0.05) is 36.3 Å². The molecule has 9 nitrogen and oxygen atoms in total. The zero-order valence-electron chi connectivity index (χ0n) is 21.6. The molecule has 2 saturated carbocycles. The number of rotatable bonds is 9. The maximum absolute atomic E-state index is 15.1. The van der Waals surface area contributed by atoms with E-state index in [0.29, 0.717) is 29.4 Å². The van der Waals surface area contributed by atoms with Gasteiger partial charge in [-0.05, 0) is 69.8 Å². The highest BCUT2D eigenvalue weighted by atomic mass is 19.1. The van der Waals surface area contributed by atoms with Gasteiger partial charge in [-0.2, -0.15) is 10.2 Å². The molecule has 37 heavy (non-hydrogen) atoms. The van der Waals surface area contributed by atoms with Crippen molar-refractivity contribution in [1.29, 1.82) is 0 Å². The van der Waals surface area contributed by atoms with E-state index >= 15 is 4.39 Å². The largest absolute Gasteiger partial charge is 0.324 e.